The van der Waals surface area contributed by atoms with E-state index in [9.17, 15) is 4.79 Å². The van der Waals surface area contributed by atoms with Gasteiger partial charge < -0.3 is 9.47 Å². The Morgan fingerprint density at radius 1 is 0.923 bits per heavy atom. The van der Waals surface area contributed by atoms with Crippen LogP contribution in [0, 0.1) is 13.8 Å². The van der Waals surface area contributed by atoms with Gasteiger partial charge in [0.05, 0.1) is 12.2 Å². The minimum absolute atomic E-state index is 0.103. The Hall–Kier alpha value is -2.39. The smallest absolute Gasteiger partial charge is 0.334 e. The molecule has 0 amide bonds. The van der Waals surface area contributed by atoms with Crippen molar-refractivity contribution in [1.29, 1.82) is 0 Å². The summed E-state index contributed by atoms with van der Waals surface area (Å²) in [5, 5.41) is 0. The van der Waals surface area contributed by atoms with Crippen molar-refractivity contribution in [3.8, 4) is 0 Å². The first-order valence-electron chi connectivity index (χ1n) is 9.15. The van der Waals surface area contributed by atoms with Gasteiger partial charge >= 0.3 is 5.97 Å². The Morgan fingerprint density at radius 3 is 1.85 bits per heavy atom. The molecule has 0 bridgehead atoms. The van der Waals surface area contributed by atoms with E-state index in [2.05, 4.69) is 44.7 Å². The van der Waals surface area contributed by atoms with Crippen molar-refractivity contribution in [3.63, 3.8) is 0 Å². The molecule has 0 radical (unpaired) electrons. The van der Waals surface area contributed by atoms with Crippen molar-refractivity contribution >= 4 is 5.97 Å². The van der Waals surface area contributed by atoms with Gasteiger partial charge in [0.15, 0.2) is 0 Å². The average Bonchev–Trinajstić information content (AvgIpc) is 2.88. The van der Waals surface area contributed by atoms with Crippen LogP contribution in [0.3, 0.4) is 0 Å². The molecule has 0 N–H and O–H groups in total. The van der Waals surface area contributed by atoms with E-state index in [1.807, 2.05) is 24.3 Å². The molecule has 2 aromatic rings. The van der Waals surface area contributed by atoms with Crippen LogP contribution in [0.5, 0.6) is 0 Å². The van der Waals surface area contributed by atoms with E-state index in [4.69, 9.17) is 9.47 Å². The molecule has 2 saturated heterocycles. The molecular formula is C23H24O3. The summed E-state index contributed by atoms with van der Waals surface area (Å²) >= 11 is 0. The van der Waals surface area contributed by atoms with E-state index < -0.39 is 5.60 Å². The first-order valence-corrected chi connectivity index (χ1v) is 9.15. The molecule has 2 aliphatic heterocycles. The molecular weight excluding hydrogens is 324 g/mol. The number of carbonyl (C=O) groups is 1. The standard InChI is InChI=1S/C23H24O3/c1-15-8-4-6-10-18(15)20-13-23(12-17(3)22(24)26-23)14-21(25-20)19-11-7-5-9-16(19)2/h4-11,20-21H,3,12-14H2,1-2H3/t20-,21-/m1/s1. The number of carbonyl (C=O) groups excluding carboxylic acids is 1. The maximum atomic E-state index is 12.1. The molecule has 0 saturated carbocycles. The molecule has 2 aromatic carbocycles. The van der Waals surface area contributed by atoms with E-state index >= 15 is 0 Å². The van der Waals surface area contributed by atoms with Gasteiger partial charge in [-0.3, -0.25) is 0 Å². The Labute approximate surface area is 154 Å². The quantitative estimate of drug-likeness (QED) is 0.557. The fourth-order valence-electron chi connectivity index (χ4n) is 4.31. The van der Waals surface area contributed by atoms with Gasteiger partial charge in [0.25, 0.3) is 0 Å². The van der Waals surface area contributed by atoms with Crippen molar-refractivity contribution < 1.29 is 14.3 Å². The Morgan fingerprint density at radius 2 is 1.42 bits per heavy atom. The van der Waals surface area contributed by atoms with Gasteiger partial charge in [-0.15, -0.1) is 0 Å². The molecule has 2 aliphatic rings. The molecule has 2 atom stereocenters. The van der Waals surface area contributed by atoms with Gasteiger partial charge in [0.1, 0.15) is 5.60 Å². The van der Waals surface area contributed by atoms with E-state index in [0.29, 0.717) is 24.8 Å². The molecule has 1 spiro atoms. The number of rotatable bonds is 2. The summed E-state index contributed by atoms with van der Waals surface area (Å²) in [6.45, 7) is 8.10. The van der Waals surface area contributed by atoms with E-state index in [0.717, 1.165) is 0 Å². The highest BCUT2D eigenvalue weighted by Crippen LogP contribution is 2.51. The number of hydrogen-bond acceptors (Lipinski definition) is 3. The zero-order valence-electron chi connectivity index (χ0n) is 15.3. The third-order valence-corrected chi connectivity index (χ3v) is 5.65. The topological polar surface area (TPSA) is 35.5 Å². The number of benzene rings is 2. The van der Waals surface area contributed by atoms with Crippen LogP contribution < -0.4 is 0 Å². The Bertz CT molecular complexity index is 796. The van der Waals surface area contributed by atoms with E-state index in [1.165, 1.54) is 22.3 Å². The fourth-order valence-corrected chi connectivity index (χ4v) is 4.31. The predicted octanol–water partition coefficient (Wildman–Crippen LogP) is 5.14. The molecule has 3 nitrogen and oxygen atoms in total. The zero-order valence-corrected chi connectivity index (χ0v) is 15.3. The molecule has 2 fully saturated rings. The first kappa shape index (κ1) is 17.0. The van der Waals surface area contributed by atoms with Gasteiger partial charge in [-0.25, -0.2) is 4.79 Å². The van der Waals surface area contributed by atoms with Gasteiger partial charge in [0.2, 0.25) is 0 Å². The second kappa shape index (κ2) is 6.40. The highest BCUT2D eigenvalue weighted by atomic mass is 16.6. The maximum Gasteiger partial charge on any atom is 0.334 e. The molecule has 134 valence electrons. The normalized spacial score (nSPS) is 28.4. The summed E-state index contributed by atoms with van der Waals surface area (Å²) in [6.07, 6.45) is 1.72. The molecule has 0 unspecified atom stereocenters. The van der Waals surface area contributed by atoms with Gasteiger partial charge in [-0.2, -0.15) is 0 Å². The summed E-state index contributed by atoms with van der Waals surface area (Å²) in [4.78, 5) is 12.1. The number of aryl methyl sites for hydroxylation is 2. The van der Waals surface area contributed by atoms with Crippen LogP contribution >= 0.6 is 0 Å². The summed E-state index contributed by atoms with van der Waals surface area (Å²) in [7, 11) is 0. The van der Waals surface area contributed by atoms with Crippen LogP contribution in [0.2, 0.25) is 0 Å². The summed E-state index contributed by atoms with van der Waals surface area (Å²) in [5.74, 6) is -0.265. The molecule has 0 aliphatic carbocycles. The number of esters is 1. The summed E-state index contributed by atoms with van der Waals surface area (Å²) < 4.78 is 12.4. The number of ether oxygens (including phenoxy) is 2. The van der Waals surface area contributed by atoms with Gasteiger partial charge in [-0.1, -0.05) is 55.1 Å². The fraction of sp³-hybridized carbons (Fsp3) is 0.348. The highest BCUT2D eigenvalue weighted by molar-refractivity contribution is 5.90. The second-order valence-corrected chi connectivity index (χ2v) is 7.59. The monoisotopic (exact) mass is 348 g/mol. The molecule has 4 rings (SSSR count). The van der Waals surface area contributed by atoms with Crippen molar-refractivity contribution in [2.45, 2.75) is 50.9 Å². The number of hydrogen-bond donors (Lipinski definition) is 0. The lowest BCUT2D eigenvalue weighted by molar-refractivity contribution is -0.173. The van der Waals surface area contributed by atoms with Crippen LogP contribution in [0.4, 0.5) is 0 Å². The summed E-state index contributed by atoms with van der Waals surface area (Å²) in [5.41, 5.74) is 4.77. The van der Waals surface area contributed by atoms with Crippen molar-refractivity contribution in [1.82, 2.24) is 0 Å². The first-order chi connectivity index (χ1) is 12.5. The maximum absolute atomic E-state index is 12.1. The van der Waals surface area contributed by atoms with Gasteiger partial charge in [-0.05, 0) is 36.1 Å². The molecule has 26 heavy (non-hydrogen) atoms. The van der Waals surface area contributed by atoms with Crippen LogP contribution in [0.15, 0.2) is 60.7 Å². The molecule has 3 heteroatoms. The minimum atomic E-state index is -0.522. The van der Waals surface area contributed by atoms with Crippen molar-refractivity contribution in [2.75, 3.05) is 0 Å². The SMILES string of the molecule is C=C1CC2(C[C@H](c3ccccc3C)O[C@@H](c3ccccc3C)C2)OC1=O. The van der Waals surface area contributed by atoms with Crippen LogP contribution in [-0.4, -0.2) is 11.6 Å². The van der Waals surface area contributed by atoms with Crippen LogP contribution in [0.1, 0.15) is 53.7 Å². The summed E-state index contributed by atoms with van der Waals surface area (Å²) in [6, 6.07) is 16.6. The molecule has 0 aromatic heterocycles. The largest absolute Gasteiger partial charge is 0.455 e. The average molecular weight is 348 g/mol. The molecule has 2 heterocycles. The Balaban J connectivity index is 1.74. The predicted molar refractivity (Wildman–Crippen MR) is 101 cm³/mol. The minimum Gasteiger partial charge on any atom is -0.455 e. The van der Waals surface area contributed by atoms with Crippen LogP contribution in [-0.2, 0) is 14.3 Å². The van der Waals surface area contributed by atoms with Crippen LogP contribution in [0.25, 0.3) is 0 Å². The van der Waals surface area contributed by atoms with E-state index in [-0.39, 0.29) is 18.2 Å². The third-order valence-electron chi connectivity index (χ3n) is 5.65. The zero-order chi connectivity index (χ0) is 18.3. The lowest BCUT2D eigenvalue weighted by Gasteiger charge is -2.42. The Kier molecular flexibility index (Phi) is 4.20. The highest BCUT2D eigenvalue weighted by Gasteiger charge is 2.50. The van der Waals surface area contributed by atoms with Crippen molar-refractivity contribution in [2.24, 2.45) is 0 Å². The van der Waals surface area contributed by atoms with Gasteiger partial charge in [0, 0.05) is 24.8 Å². The second-order valence-electron chi connectivity index (χ2n) is 7.59. The lowest BCUT2D eigenvalue weighted by atomic mass is 9.79. The lowest BCUT2D eigenvalue weighted by Crippen LogP contribution is -2.39. The third kappa shape index (κ3) is 2.97. The van der Waals surface area contributed by atoms with E-state index in [1.54, 1.807) is 0 Å². The van der Waals surface area contributed by atoms with Crippen molar-refractivity contribution in [3.05, 3.63) is 82.9 Å².